The van der Waals surface area contributed by atoms with Gasteiger partial charge in [-0.1, -0.05) is 18.2 Å². The molecular weight excluding hydrogens is 350 g/mol. The van der Waals surface area contributed by atoms with Gasteiger partial charge in [0.05, 0.1) is 18.3 Å². The summed E-state index contributed by atoms with van der Waals surface area (Å²) in [5, 5.41) is 17.3. The number of aliphatic carboxylic acids is 1. The number of carbonyl (C=O) groups excluding carboxylic acids is 3. The van der Waals surface area contributed by atoms with Crippen LogP contribution in [0.4, 0.5) is 0 Å². The van der Waals surface area contributed by atoms with Crippen molar-refractivity contribution in [1.82, 2.24) is 15.6 Å². The maximum Gasteiger partial charge on any atom is 0.286 e. The molecule has 3 N–H and O–H groups in total. The summed E-state index contributed by atoms with van der Waals surface area (Å²) in [6, 6.07) is 9.40. The van der Waals surface area contributed by atoms with Crippen LogP contribution in [0.15, 0.2) is 53.3 Å². The second-order valence-corrected chi connectivity index (χ2v) is 5.99. The van der Waals surface area contributed by atoms with Crippen LogP contribution in [0, 0.1) is 0 Å². The summed E-state index contributed by atoms with van der Waals surface area (Å²) in [4.78, 5) is 38.2. The van der Waals surface area contributed by atoms with Crippen LogP contribution < -0.4 is 15.7 Å². The van der Waals surface area contributed by atoms with Crippen molar-refractivity contribution in [3.05, 3.63) is 60.2 Å². The lowest BCUT2D eigenvalue weighted by Crippen LogP contribution is -2.49. The molecule has 2 heterocycles. The summed E-state index contributed by atoms with van der Waals surface area (Å²) in [6.07, 6.45) is 3.12. The minimum atomic E-state index is -1.37. The fourth-order valence-electron chi connectivity index (χ4n) is 2.76. The molecule has 0 radical (unpaired) electrons. The SMILES string of the molecule is O=C(CCNC(=O)c1ccco1)N[C@H](Cc1c[nH]c2ccccc12)C(=O)[O-]. The second-order valence-electron chi connectivity index (χ2n) is 5.99. The Balaban J connectivity index is 1.53. The van der Waals surface area contributed by atoms with Crippen molar-refractivity contribution in [3.63, 3.8) is 0 Å². The number of fused-ring (bicyclic) bond motifs is 1. The zero-order valence-corrected chi connectivity index (χ0v) is 14.4. The Labute approximate surface area is 154 Å². The highest BCUT2D eigenvalue weighted by Gasteiger charge is 2.17. The van der Waals surface area contributed by atoms with Crippen LogP contribution in [0.25, 0.3) is 10.9 Å². The van der Waals surface area contributed by atoms with Gasteiger partial charge in [-0.2, -0.15) is 0 Å². The van der Waals surface area contributed by atoms with Gasteiger partial charge in [-0.15, -0.1) is 0 Å². The van der Waals surface area contributed by atoms with Gasteiger partial charge in [0.1, 0.15) is 0 Å². The summed E-state index contributed by atoms with van der Waals surface area (Å²) in [5.74, 6) is -2.16. The standard InChI is InChI=1S/C19H19N3O5/c23-17(7-8-20-18(24)16-6-3-9-27-16)22-15(19(25)26)10-12-11-21-14-5-2-1-4-13(12)14/h1-6,9,11,15,21H,7-8,10H2,(H,20,24)(H,22,23)(H,25,26)/p-1/t15-/m1/s1. The molecule has 0 unspecified atom stereocenters. The molecule has 8 nitrogen and oxygen atoms in total. The Hall–Kier alpha value is -3.55. The lowest BCUT2D eigenvalue weighted by atomic mass is 10.0. The number of furan rings is 1. The highest BCUT2D eigenvalue weighted by Crippen LogP contribution is 2.19. The van der Waals surface area contributed by atoms with Crippen LogP contribution in [-0.4, -0.2) is 35.4 Å². The predicted octanol–water partition coefficient (Wildman–Crippen LogP) is 0.358. The maximum atomic E-state index is 12.0. The lowest BCUT2D eigenvalue weighted by Gasteiger charge is -2.19. The minimum absolute atomic E-state index is 0.0538. The predicted molar refractivity (Wildman–Crippen MR) is 94.6 cm³/mol. The topological polar surface area (TPSA) is 127 Å². The van der Waals surface area contributed by atoms with Crippen LogP contribution >= 0.6 is 0 Å². The normalized spacial score (nSPS) is 11.9. The molecule has 1 atom stereocenters. The quantitative estimate of drug-likeness (QED) is 0.529. The van der Waals surface area contributed by atoms with Crippen LogP contribution in [0.3, 0.4) is 0 Å². The van der Waals surface area contributed by atoms with E-state index in [2.05, 4.69) is 15.6 Å². The highest BCUT2D eigenvalue weighted by atomic mass is 16.4. The fourth-order valence-corrected chi connectivity index (χ4v) is 2.76. The number of nitrogens with one attached hydrogen (secondary N) is 3. The number of benzene rings is 1. The zero-order chi connectivity index (χ0) is 19.2. The van der Waals surface area contributed by atoms with Gasteiger partial charge in [0.2, 0.25) is 5.91 Å². The Kier molecular flexibility index (Phi) is 5.55. The number of hydrogen-bond acceptors (Lipinski definition) is 5. The molecule has 0 saturated carbocycles. The van der Waals surface area contributed by atoms with E-state index in [9.17, 15) is 19.5 Å². The average Bonchev–Trinajstić information content (AvgIpc) is 3.31. The van der Waals surface area contributed by atoms with E-state index in [1.54, 1.807) is 12.3 Å². The van der Waals surface area contributed by atoms with Gasteiger partial charge >= 0.3 is 0 Å². The number of rotatable bonds is 8. The molecule has 0 aliphatic rings. The lowest BCUT2D eigenvalue weighted by molar-refractivity contribution is -0.308. The maximum absolute atomic E-state index is 12.0. The molecule has 2 amide bonds. The van der Waals surface area contributed by atoms with Gasteiger partial charge in [0.15, 0.2) is 5.76 Å². The first-order valence-electron chi connectivity index (χ1n) is 8.41. The van der Waals surface area contributed by atoms with Crippen LogP contribution in [0.1, 0.15) is 22.5 Å². The summed E-state index contributed by atoms with van der Waals surface area (Å²) in [6.45, 7) is 0.0538. The largest absolute Gasteiger partial charge is 0.548 e. The van der Waals surface area contributed by atoms with Gasteiger partial charge in [-0.05, 0) is 23.8 Å². The zero-order valence-electron chi connectivity index (χ0n) is 14.4. The van der Waals surface area contributed by atoms with Crippen molar-refractivity contribution in [2.45, 2.75) is 18.9 Å². The van der Waals surface area contributed by atoms with Crippen molar-refractivity contribution < 1.29 is 23.9 Å². The minimum Gasteiger partial charge on any atom is -0.548 e. The third-order valence-corrected chi connectivity index (χ3v) is 4.10. The van der Waals surface area contributed by atoms with E-state index in [1.807, 2.05) is 24.3 Å². The van der Waals surface area contributed by atoms with E-state index in [4.69, 9.17) is 4.42 Å². The molecule has 0 saturated heterocycles. The molecule has 0 aliphatic carbocycles. The molecule has 140 valence electrons. The van der Waals surface area contributed by atoms with Crippen molar-refractivity contribution in [3.8, 4) is 0 Å². The number of carbonyl (C=O) groups is 3. The van der Waals surface area contributed by atoms with Gasteiger partial charge in [0, 0.05) is 36.5 Å². The van der Waals surface area contributed by atoms with Gasteiger partial charge in [-0.25, -0.2) is 0 Å². The van der Waals surface area contributed by atoms with E-state index >= 15 is 0 Å². The molecule has 27 heavy (non-hydrogen) atoms. The smallest absolute Gasteiger partial charge is 0.286 e. The van der Waals surface area contributed by atoms with Crippen molar-refractivity contribution in [2.75, 3.05) is 6.54 Å². The molecule has 0 bridgehead atoms. The molecule has 3 rings (SSSR count). The molecule has 2 aromatic heterocycles. The highest BCUT2D eigenvalue weighted by molar-refractivity contribution is 5.92. The Morgan fingerprint density at radius 1 is 1.15 bits per heavy atom. The van der Waals surface area contributed by atoms with E-state index < -0.39 is 23.8 Å². The Morgan fingerprint density at radius 3 is 2.70 bits per heavy atom. The number of aromatic nitrogens is 1. The van der Waals surface area contributed by atoms with E-state index in [-0.39, 0.29) is 25.1 Å². The van der Waals surface area contributed by atoms with E-state index in [0.29, 0.717) is 0 Å². The Bertz CT molecular complexity index is 945. The first-order chi connectivity index (χ1) is 13.0. The Morgan fingerprint density at radius 2 is 1.96 bits per heavy atom. The monoisotopic (exact) mass is 368 g/mol. The van der Waals surface area contributed by atoms with Gasteiger partial charge < -0.3 is 29.9 Å². The third-order valence-electron chi connectivity index (χ3n) is 4.10. The first kappa shape index (κ1) is 18.2. The average molecular weight is 368 g/mol. The van der Waals surface area contributed by atoms with Crippen molar-refractivity contribution in [2.24, 2.45) is 0 Å². The number of aromatic amines is 1. The molecular formula is C19H18N3O5-. The van der Waals surface area contributed by atoms with Crippen LogP contribution in [-0.2, 0) is 16.0 Å². The first-order valence-corrected chi connectivity index (χ1v) is 8.41. The van der Waals surface area contributed by atoms with Crippen molar-refractivity contribution >= 4 is 28.7 Å². The number of para-hydroxylation sites is 1. The molecule has 8 heteroatoms. The number of hydrogen-bond donors (Lipinski definition) is 3. The number of H-pyrrole nitrogens is 1. The van der Waals surface area contributed by atoms with E-state index in [0.717, 1.165) is 16.5 Å². The molecule has 0 aliphatic heterocycles. The molecule has 1 aromatic carbocycles. The van der Waals surface area contributed by atoms with Crippen LogP contribution in [0.2, 0.25) is 0 Å². The summed E-state index contributed by atoms with van der Waals surface area (Å²) >= 11 is 0. The van der Waals surface area contributed by atoms with Gasteiger partial charge in [0.25, 0.3) is 5.91 Å². The molecule has 0 fully saturated rings. The summed E-state index contributed by atoms with van der Waals surface area (Å²) in [5.41, 5.74) is 1.66. The summed E-state index contributed by atoms with van der Waals surface area (Å²) in [7, 11) is 0. The number of carboxylic acid groups (broad SMARTS) is 1. The summed E-state index contributed by atoms with van der Waals surface area (Å²) < 4.78 is 4.94. The van der Waals surface area contributed by atoms with Crippen molar-refractivity contribution in [1.29, 1.82) is 0 Å². The number of amides is 2. The van der Waals surface area contributed by atoms with Crippen LogP contribution in [0.5, 0.6) is 0 Å². The molecule has 3 aromatic rings. The second kappa shape index (κ2) is 8.22. The van der Waals surface area contributed by atoms with Gasteiger partial charge in [-0.3, -0.25) is 9.59 Å². The fraction of sp³-hybridized carbons (Fsp3) is 0.211. The number of carboxylic acids is 1. The third kappa shape index (κ3) is 4.55. The van der Waals surface area contributed by atoms with E-state index in [1.165, 1.54) is 12.3 Å². The molecule has 0 spiro atoms.